The molecular weight excluding hydrogens is 426 g/mol. The molecule has 2 aliphatic rings. The standard InChI is InChI=1S/C24H25N3O4S/c1-18-3-2-4-20(17-18)23(29)26-15-16-32-24(26)11-13-25(14-12-24)22(28)10-7-19-5-8-21(9-6-19)27(30)31/h2-10,17H,11-16H2,1H3. The number of nitro groups is 1. The van der Waals surface area contributed by atoms with Crippen LogP contribution in [0, 0.1) is 17.0 Å². The van der Waals surface area contributed by atoms with E-state index in [-0.39, 0.29) is 22.4 Å². The summed E-state index contributed by atoms with van der Waals surface area (Å²) in [6.45, 7) is 3.90. The largest absolute Gasteiger partial charge is 0.339 e. The topological polar surface area (TPSA) is 83.8 Å². The molecule has 2 aromatic rings. The molecule has 7 nitrogen and oxygen atoms in total. The second kappa shape index (κ2) is 9.16. The summed E-state index contributed by atoms with van der Waals surface area (Å²) in [5.41, 5.74) is 2.54. The number of non-ortho nitro benzene ring substituents is 1. The van der Waals surface area contributed by atoms with Crippen LogP contribution < -0.4 is 0 Å². The summed E-state index contributed by atoms with van der Waals surface area (Å²) in [5, 5.41) is 10.8. The summed E-state index contributed by atoms with van der Waals surface area (Å²) < 4.78 is 0. The van der Waals surface area contributed by atoms with E-state index in [0.29, 0.717) is 13.1 Å². The van der Waals surface area contributed by atoms with Crippen molar-refractivity contribution in [3.8, 4) is 0 Å². The first kappa shape index (κ1) is 22.1. The summed E-state index contributed by atoms with van der Waals surface area (Å²) >= 11 is 1.82. The lowest BCUT2D eigenvalue weighted by atomic mass is 10.0. The van der Waals surface area contributed by atoms with Gasteiger partial charge < -0.3 is 9.80 Å². The Hall–Kier alpha value is -3.13. The Morgan fingerprint density at radius 2 is 1.81 bits per heavy atom. The van der Waals surface area contributed by atoms with Gasteiger partial charge in [0.25, 0.3) is 11.6 Å². The van der Waals surface area contributed by atoms with Crippen molar-refractivity contribution in [2.24, 2.45) is 0 Å². The Balaban J connectivity index is 1.38. The molecule has 0 saturated carbocycles. The molecule has 166 valence electrons. The van der Waals surface area contributed by atoms with Crippen molar-refractivity contribution in [2.45, 2.75) is 24.6 Å². The highest BCUT2D eigenvalue weighted by molar-refractivity contribution is 8.00. The number of thioether (sulfide) groups is 1. The van der Waals surface area contributed by atoms with Gasteiger partial charge in [-0.25, -0.2) is 0 Å². The van der Waals surface area contributed by atoms with E-state index in [1.165, 1.54) is 18.2 Å². The molecule has 2 fully saturated rings. The third-order valence-corrected chi connectivity index (χ3v) is 7.62. The van der Waals surface area contributed by atoms with Gasteiger partial charge in [0.15, 0.2) is 0 Å². The molecular formula is C24H25N3O4S. The molecule has 0 N–H and O–H groups in total. The fourth-order valence-electron chi connectivity index (χ4n) is 4.30. The molecule has 0 bridgehead atoms. The van der Waals surface area contributed by atoms with Gasteiger partial charge in [-0.1, -0.05) is 17.7 Å². The quantitative estimate of drug-likeness (QED) is 0.397. The van der Waals surface area contributed by atoms with Crippen molar-refractivity contribution < 1.29 is 14.5 Å². The predicted octanol–water partition coefficient (Wildman–Crippen LogP) is 4.12. The first-order chi connectivity index (χ1) is 15.4. The van der Waals surface area contributed by atoms with Crippen LogP contribution in [0.25, 0.3) is 6.08 Å². The molecule has 2 saturated heterocycles. The zero-order valence-electron chi connectivity index (χ0n) is 17.9. The van der Waals surface area contributed by atoms with Crippen molar-refractivity contribution in [2.75, 3.05) is 25.4 Å². The maximum atomic E-state index is 13.2. The molecule has 2 aromatic carbocycles. The first-order valence-corrected chi connectivity index (χ1v) is 11.6. The number of aryl methyl sites for hydroxylation is 1. The number of nitro benzene ring substituents is 1. The van der Waals surface area contributed by atoms with E-state index < -0.39 is 4.92 Å². The Bertz CT molecular complexity index is 1060. The Morgan fingerprint density at radius 3 is 2.47 bits per heavy atom. The highest BCUT2D eigenvalue weighted by Crippen LogP contribution is 2.44. The summed E-state index contributed by atoms with van der Waals surface area (Å²) in [7, 11) is 0. The van der Waals surface area contributed by atoms with Gasteiger partial charge in [0, 0.05) is 49.2 Å². The van der Waals surface area contributed by atoms with Gasteiger partial charge in [0.05, 0.1) is 9.79 Å². The smallest absolute Gasteiger partial charge is 0.269 e. The number of carbonyl (C=O) groups excluding carboxylic acids is 2. The minimum atomic E-state index is -0.448. The lowest BCUT2D eigenvalue weighted by Crippen LogP contribution is -2.53. The van der Waals surface area contributed by atoms with E-state index in [2.05, 4.69) is 0 Å². The average Bonchev–Trinajstić information content (AvgIpc) is 3.20. The Kier molecular flexibility index (Phi) is 6.32. The minimum Gasteiger partial charge on any atom is -0.339 e. The van der Waals surface area contributed by atoms with Crippen LogP contribution in [0.15, 0.2) is 54.6 Å². The van der Waals surface area contributed by atoms with Gasteiger partial charge in [0.2, 0.25) is 5.91 Å². The van der Waals surface area contributed by atoms with E-state index in [1.54, 1.807) is 23.1 Å². The van der Waals surface area contributed by atoms with Crippen molar-refractivity contribution in [1.82, 2.24) is 9.80 Å². The molecule has 0 radical (unpaired) electrons. The molecule has 0 unspecified atom stereocenters. The second-order valence-electron chi connectivity index (χ2n) is 8.13. The zero-order chi connectivity index (χ0) is 22.7. The molecule has 2 heterocycles. The molecule has 2 aliphatic heterocycles. The maximum Gasteiger partial charge on any atom is 0.269 e. The highest BCUT2D eigenvalue weighted by atomic mass is 32.2. The second-order valence-corrected chi connectivity index (χ2v) is 9.59. The van der Waals surface area contributed by atoms with E-state index in [0.717, 1.165) is 41.8 Å². The summed E-state index contributed by atoms with van der Waals surface area (Å²) in [6.07, 6.45) is 4.67. The molecule has 8 heteroatoms. The number of rotatable bonds is 4. The summed E-state index contributed by atoms with van der Waals surface area (Å²) in [6, 6.07) is 13.8. The van der Waals surface area contributed by atoms with Gasteiger partial charge in [-0.15, -0.1) is 11.8 Å². The van der Waals surface area contributed by atoms with Crippen LogP contribution in [-0.4, -0.2) is 56.8 Å². The maximum absolute atomic E-state index is 13.2. The molecule has 0 aliphatic carbocycles. The minimum absolute atomic E-state index is 0.0219. The van der Waals surface area contributed by atoms with Crippen molar-refractivity contribution in [3.63, 3.8) is 0 Å². The summed E-state index contributed by atoms with van der Waals surface area (Å²) in [4.78, 5) is 39.7. The molecule has 32 heavy (non-hydrogen) atoms. The number of amides is 2. The molecule has 2 amide bonds. The molecule has 1 spiro atoms. The van der Waals surface area contributed by atoms with Gasteiger partial charge in [-0.3, -0.25) is 19.7 Å². The fourth-order valence-corrected chi connectivity index (χ4v) is 5.76. The predicted molar refractivity (Wildman–Crippen MR) is 125 cm³/mol. The summed E-state index contributed by atoms with van der Waals surface area (Å²) in [5.74, 6) is 0.889. The molecule has 4 rings (SSSR count). The number of hydrogen-bond acceptors (Lipinski definition) is 5. The van der Waals surface area contributed by atoms with Gasteiger partial charge in [-0.05, 0) is 55.7 Å². The van der Waals surface area contributed by atoms with Crippen molar-refractivity contribution in [1.29, 1.82) is 0 Å². The lowest BCUT2D eigenvalue weighted by molar-refractivity contribution is -0.384. The SMILES string of the molecule is Cc1cccc(C(=O)N2CCSC23CCN(C(=O)C=Cc2ccc([N+](=O)[O-])cc2)CC3)c1. The third kappa shape index (κ3) is 4.55. The average molecular weight is 452 g/mol. The number of carbonyl (C=O) groups is 2. The van der Waals surface area contributed by atoms with Crippen LogP contribution >= 0.6 is 11.8 Å². The van der Waals surface area contributed by atoms with Crippen LogP contribution in [0.3, 0.4) is 0 Å². The monoisotopic (exact) mass is 451 g/mol. The number of hydrogen-bond donors (Lipinski definition) is 0. The lowest BCUT2D eigenvalue weighted by Gasteiger charge is -2.44. The van der Waals surface area contributed by atoms with Crippen LogP contribution in [0.5, 0.6) is 0 Å². The number of nitrogens with zero attached hydrogens (tertiary/aromatic N) is 3. The van der Waals surface area contributed by atoms with E-state index in [4.69, 9.17) is 0 Å². The van der Waals surface area contributed by atoms with E-state index in [9.17, 15) is 19.7 Å². The van der Waals surface area contributed by atoms with E-state index in [1.807, 2.05) is 47.9 Å². The van der Waals surface area contributed by atoms with Gasteiger partial charge in [0.1, 0.15) is 0 Å². The number of piperidine rings is 1. The van der Waals surface area contributed by atoms with Crippen molar-refractivity contribution in [3.05, 3.63) is 81.4 Å². The first-order valence-electron chi connectivity index (χ1n) is 10.6. The Morgan fingerprint density at radius 1 is 1.09 bits per heavy atom. The molecule has 0 atom stereocenters. The van der Waals surface area contributed by atoms with E-state index >= 15 is 0 Å². The number of benzene rings is 2. The fraction of sp³-hybridized carbons (Fsp3) is 0.333. The Labute approximate surface area is 191 Å². The third-order valence-electron chi connectivity index (χ3n) is 6.07. The highest BCUT2D eigenvalue weighted by Gasteiger charge is 2.46. The zero-order valence-corrected chi connectivity index (χ0v) is 18.7. The van der Waals surface area contributed by atoms with Gasteiger partial charge in [-0.2, -0.15) is 0 Å². The van der Waals surface area contributed by atoms with Crippen LogP contribution in [0.1, 0.15) is 34.3 Å². The van der Waals surface area contributed by atoms with Crippen molar-refractivity contribution >= 4 is 35.3 Å². The van der Waals surface area contributed by atoms with Crippen LogP contribution in [0.4, 0.5) is 5.69 Å². The molecule has 0 aromatic heterocycles. The normalized spacial score (nSPS) is 17.8. The number of likely N-dealkylation sites (tertiary alicyclic amines) is 1. The van der Waals surface area contributed by atoms with Gasteiger partial charge >= 0.3 is 0 Å². The van der Waals surface area contributed by atoms with Crippen LogP contribution in [0.2, 0.25) is 0 Å². The van der Waals surface area contributed by atoms with Crippen LogP contribution in [-0.2, 0) is 4.79 Å².